The van der Waals surface area contributed by atoms with Gasteiger partial charge in [0.25, 0.3) is 0 Å². The summed E-state index contributed by atoms with van der Waals surface area (Å²) in [6.45, 7) is 1.91. The maximum atomic E-state index is 11.6. The van der Waals surface area contributed by atoms with Crippen molar-refractivity contribution in [3.63, 3.8) is 0 Å². The number of hydrogen-bond donors (Lipinski definition) is 2. The molecule has 0 radical (unpaired) electrons. The molecule has 0 saturated carbocycles. The van der Waals surface area contributed by atoms with E-state index >= 15 is 0 Å². The largest absolute Gasteiger partial charge is 0.426 e. The van der Waals surface area contributed by atoms with Gasteiger partial charge in [-0.15, -0.1) is 0 Å². The molecule has 90 valence electrons. The molecule has 0 spiro atoms. The molecule has 0 aromatic carbocycles. The average molecular weight is 262 g/mol. The Labute approximate surface area is 99.7 Å². The summed E-state index contributed by atoms with van der Waals surface area (Å²) in [5.41, 5.74) is 0. The molecule has 1 aromatic heterocycles. The molecule has 1 heterocycles. The van der Waals surface area contributed by atoms with Gasteiger partial charge < -0.3 is 5.21 Å². The normalized spacial score (nSPS) is 11.3. The summed E-state index contributed by atoms with van der Waals surface area (Å²) < 4.78 is 26.2. The van der Waals surface area contributed by atoms with Crippen LogP contribution in [0.15, 0.2) is 18.2 Å². The van der Waals surface area contributed by atoms with Crippen LogP contribution in [0, 0.1) is 4.64 Å². The molecule has 0 atom stereocenters. The summed E-state index contributed by atoms with van der Waals surface area (Å²) in [6, 6.07) is 4.52. The van der Waals surface area contributed by atoms with Crippen LogP contribution in [0.4, 0.5) is 5.82 Å². The number of rotatable bonds is 5. The minimum absolute atomic E-state index is 0.0329. The molecule has 0 aliphatic rings. The molecule has 0 saturated heterocycles. The monoisotopic (exact) mass is 262 g/mol. The molecule has 0 fully saturated rings. The summed E-state index contributed by atoms with van der Waals surface area (Å²) in [6.07, 6.45) is 1.37. The predicted molar refractivity (Wildman–Crippen MR) is 64.8 cm³/mol. The molecule has 1 rings (SSSR count). The number of nitrogens with one attached hydrogen (secondary N) is 1. The zero-order valence-electron chi connectivity index (χ0n) is 8.88. The highest BCUT2D eigenvalue weighted by atomic mass is 32.2. The Morgan fingerprint density at radius 3 is 2.81 bits per heavy atom. The van der Waals surface area contributed by atoms with Crippen LogP contribution in [0.1, 0.15) is 19.8 Å². The van der Waals surface area contributed by atoms with E-state index in [0.29, 0.717) is 11.2 Å². The van der Waals surface area contributed by atoms with Crippen molar-refractivity contribution in [2.75, 3.05) is 10.5 Å². The van der Waals surface area contributed by atoms with E-state index in [1.54, 1.807) is 6.07 Å². The fourth-order valence-electron chi connectivity index (χ4n) is 1.10. The van der Waals surface area contributed by atoms with E-state index in [0.717, 1.165) is 6.42 Å². The van der Waals surface area contributed by atoms with Crippen molar-refractivity contribution in [2.45, 2.75) is 19.8 Å². The highest BCUT2D eigenvalue weighted by Crippen LogP contribution is 2.09. The zero-order valence-corrected chi connectivity index (χ0v) is 10.5. The first-order valence-corrected chi connectivity index (χ1v) is 6.94. The fourth-order valence-corrected chi connectivity index (χ4v) is 2.52. The van der Waals surface area contributed by atoms with Crippen molar-refractivity contribution >= 4 is 28.1 Å². The Kier molecular flexibility index (Phi) is 4.31. The van der Waals surface area contributed by atoms with E-state index in [-0.39, 0.29) is 16.2 Å². The zero-order chi connectivity index (χ0) is 12.2. The number of aromatic nitrogens is 1. The molecular formula is C9H14N2O3S2. The van der Waals surface area contributed by atoms with Gasteiger partial charge in [-0.1, -0.05) is 31.6 Å². The molecule has 0 amide bonds. The van der Waals surface area contributed by atoms with Gasteiger partial charge in [0.2, 0.25) is 10.0 Å². The van der Waals surface area contributed by atoms with Crippen LogP contribution in [-0.4, -0.2) is 24.1 Å². The Morgan fingerprint density at radius 2 is 2.19 bits per heavy atom. The van der Waals surface area contributed by atoms with Crippen LogP contribution in [0.5, 0.6) is 0 Å². The predicted octanol–water partition coefficient (Wildman–Crippen LogP) is 2.00. The molecule has 0 unspecified atom stereocenters. The second-order valence-corrected chi connectivity index (χ2v) is 5.60. The Hall–Kier alpha value is -1.08. The summed E-state index contributed by atoms with van der Waals surface area (Å²) in [4.78, 5) is 0. The molecule has 0 aliphatic heterocycles. The van der Waals surface area contributed by atoms with E-state index in [2.05, 4.69) is 4.72 Å². The van der Waals surface area contributed by atoms with Crippen LogP contribution >= 0.6 is 12.2 Å². The number of hydrogen-bond acceptors (Lipinski definition) is 4. The lowest BCUT2D eigenvalue weighted by Crippen LogP contribution is -2.19. The van der Waals surface area contributed by atoms with E-state index in [4.69, 9.17) is 12.2 Å². The van der Waals surface area contributed by atoms with Crippen molar-refractivity contribution in [1.29, 1.82) is 0 Å². The summed E-state index contributed by atoms with van der Waals surface area (Å²) in [7, 11) is -3.41. The number of sulfonamides is 1. The first-order chi connectivity index (χ1) is 7.46. The molecule has 2 N–H and O–H groups in total. The molecule has 1 aromatic rings. The minimum atomic E-state index is -3.41. The lowest BCUT2D eigenvalue weighted by molar-refractivity contribution is 0.187. The SMILES string of the molecule is CCCCS(=O)(=O)Nc1cccc(=S)n1O. The highest BCUT2D eigenvalue weighted by molar-refractivity contribution is 7.92. The first kappa shape index (κ1) is 13.0. The van der Waals surface area contributed by atoms with E-state index in [9.17, 15) is 13.6 Å². The third-order valence-corrected chi connectivity index (χ3v) is 3.61. The third kappa shape index (κ3) is 3.49. The summed E-state index contributed by atoms with van der Waals surface area (Å²) in [5.74, 6) is 0.0918. The smallest absolute Gasteiger partial charge is 0.233 e. The maximum Gasteiger partial charge on any atom is 0.233 e. The fraction of sp³-hybridized carbons (Fsp3) is 0.444. The van der Waals surface area contributed by atoms with Gasteiger partial charge in [0.15, 0.2) is 5.82 Å². The van der Waals surface area contributed by atoms with Gasteiger partial charge in [0, 0.05) is 0 Å². The van der Waals surface area contributed by atoms with Crippen LogP contribution in [0.3, 0.4) is 0 Å². The summed E-state index contributed by atoms with van der Waals surface area (Å²) >= 11 is 4.80. The molecule has 16 heavy (non-hydrogen) atoms. The first-order valence-electron chi connectivity index (χ1n) is 4.88. The number of anilines is 1. The maximum absolute atomic E-state index is 11.6. The average Bonchev–Trinajstić information content (AvgIpc) is 2.22. The molecule has 0 aliphatic carbocycles. The van der Waals surface area contributed by atoms with Gasteiger partial charge in [-0.05, 0) is 18.6 Å². The molecule has 7 heteroatoms. The number of unbranched alkanes of at least 4 members (excludes halogenated alkanes) is 1. The standard InChI is InChI=1S/C9H14N2O3S2/c1-2-3-7-16(13,14)10-8-5-4-6-9(15)11(8)12/h4-6,10,12H,2-3,7H2,1H3. The van der Waals surface area contributed by atoms with Gasteiger partial charge >= 0.3 is 0 Å². The van der Waals surface area contributed by atoms with Gasteiger partial charge in [-0.2, -0.15) is 4.73 Å². The van der Waals surface area contributed by atoms with Gasteiger partial charge in [0.1, 0.15) is 4.64 Å². The number of nitrogens with zero attached hydrogens (tertiary/aromatic N) is 1. The lowest BCUT2D eigenvalue weighted by Gasteiger charge is -2.10. The van der Waals surface area contributed by atoms with Crippen LogP contribution < -0.4 is 4.72 Å². The lowest BCUT2D eigenvalue weighted by atomic mass is 10.4. The van der Waals surface area contributed by atoms with E-state index in [1.807, 2.05) is 6.92 Å². The highest BCUT2D eigenvalue weighted by Gasteiger charge is 2.11. The van der Waals surface area contributed by atoms with Gasteiger partial charge in [-0.25, -0.2) is 8.42 Å². The topological polar surface area (TPSA) is 71.3 Å². The van der Waals surface area contributed by atoms with Crippen molar-refractivity contribution in [3.05, 3.63) is 22.8 Å². The van der Waals surface area contributed by atoms with Crippen LogP contribution in [0.25, 0.3) is 0 Å². The van der Waals surface area contributed by atoms with Crippen LogP contribution in [-0.2, 0) is 10.0 Å². The summed E-state index contributed by atoms with van der Waals surface area (Å²) in [5, 5.41) is 9.47. The van der Waals surface area contributed by atoms with Crippen molar-refractivity contribution in [1.82, 2.24) is 4.73 Å². The van der Waals surface area contributed by atoms with Crippen molar-refractivity contribution < 1.29 is 13.6 Å². The molecular weight excluding hydrogens is 248 g/mol. The van der Waals surface area contributed by atoms with Crippen molar-refractivity contribution in [3.8, 4) is 0 Å². The van der Waals surface area contributed by atoms with Crippen LogP contribution in [0.2, 0.25) is 0 Å². The second-order valence-electron chi connectivity index (χ2n) is 3.34. The minimum Gasteiger partial charge on any atom is -0.426 e. The molecule has 0 bridgehead atoms. The van der Waals surface area contributed by atoms with Gasteiger partial charge in [-0.3, -0.25) is 4.72 Å². The second kappa shape index (κ2) is 5.31. The Morgan fingerprint density at radius 1 is 1.50 bits per heavy atom. The molecule has 5 nitrogen and oxygen atoms in total. The van der Waals surface area contributed by atoms with E-state index < -0.39 is 10.0 Å². The quantitative estimate of drug-likeness (QED) is 0.629. The van der Waals surface area contributed by atoms with E-state index in [1.165, 1.54) is 12.1 Å². The van der Waals surface area contributed by atoms with Crippen molar-refractivity contribution in [2.24, 2.45) is 0 Å². The Bertz CT molecular complexity index is 508. The Balaban J connectivity index is 2.89. The number of pyridine rings is 1. The third-order valence-electron chi connectivity index (χ3n) is 1.96. The van der Waals surface area contributed by atoms with Gasteiger partial charge in [0.05, 0.1) is 5.75 Å².